The minimum Gasteiger partial charge on any atom is -0.357 e. The van der Waals surface area contributed by atoms with Gasteiger partial charge in [0.2, 0.25) is 11.9 Å². The SMILES string of the molecule is CC(=O)C(N=Nc1nc(C(C)C)[nH]c(=O)n1)C(=O)Nc1ccc2c(c1)NC(=O)C2.CC(C)C.CC(C)C.O=C1c2c(Cl)c(Cl)c(Cl)c(Cl)c2C(=O)C1c1ccc2cccc(N3C(=O)c4c(Cl)c(Cl)c(Cl)c(Cl)c4C3=O)c2n1.[Cu+2].c1ccc2c(c1)-c1nc-2nc2[n-]c(nc3nc(nc4[n-]c(n1)c1ccccc41)-c1ccccc1-3)c1ccccc21. The molecule has 5 aliphatic rings. The van der Waals surface area contributed by atoms with E-state index < -0.39 is 52.7 Å². The van der Waals surface area contributed by atoms with Gasteiger partial charge >= 0.3 is 22.8 Å². The van der Waals surface area contributed by atoms with Crippen molar-refractivity contribution in [1.82, 2.24) is 59.8 Å². The van der Waals surface area contributed by atoms with Crippen molar-refractivity contribution in [1.29, 1.82) is 0 Å². The molecule has 118 heavy (non-hydrogen) atoms. The molecule has 1 radical (unpaired) electrons. The van der Waals surface area contributed by atoms with Crippen LogP contribution in [0.5, 0.6) is 0 Å². The second-order valence-electron chi connectivity index (χ2n) is 28.6. The number of imide groups is 1. The predicted molar refractivity (Wildman–Crippen MR) is 455 cm³/mol. The van der Waals surface area contributed by atoms with Gasteiger partial charge in [-0.1, -0.05) is 270 Å². The van der Waals surface area contributed by atoms with E-state index in [1.165, 1.54) is 19.1 Å². The van der Waals surface area contributed by atoms with E-state index in [2.05, 4.69) is 82.3 Å². The summed E-state index contributed by atoms with van der Waals surface area (Å²) in [6, 6.07) is 43.1. The van der Waals surface area contributed by atoms with Gasteiger partial charge in [0.1, 0.15) is 11.7 Å². The summed E-state index contributed by atoms with van der Waals surface area (Å²) in [7, 11) is 0. The summed E-state index contributed by atoms with van der Waals surface area (Å²) in [5.41, 5.74) is 6.39. The average Bonchev–Trinajstić information content (AvgIpc) is 1.57. The normalized spacial score (nSPS) is 13.2. The minimum absolute atomic E-state index is 0. The number of pyridine rings is 1. The summed E-state index contributed by atoms with van der Waals surface area (Å²) < 4.78 is 0. The molecule has 1 unspecified atom stereocenters. The van der Waals surface area contributed by atoms with E-state index in [0.717, 1.165) is 66.1 Å². The summed E-state index contributed by atoms with van der Waals surface area (Å²) in [5, 5.41) is 15.2. The molecule has 13 aromatic rings. The summed E-state index contributed by atoms with van der Waals surface area (Å²) >= 11 is 49.6. The smallest absolute Gasteiger partial charge is 0.357 e. The van der Waals surface area contributed by atoms with Gasteiger partial charge in [0, 0.05) is 67.5 Å². The van der Waals surface area contributed by atoms with Crippen LogP contribution in [0.1, 0.15) is 133 Å². The fourth-order valence-corrected chi connectivity index (χ4v) is 15.0. The van der Waals surface area contributed by atoms with Gasteiger partial charge in [0.05, 0.1) is 109 Å². The average molecular weight is 1780 g/mol. The van der Waals surface area contributed by atoms with Crippen molar-refractivity contribution in [2.24, 2.45) is 22.1 Å². The topological polar surface area (TPSA) is 349 Å². The second kappa shape index (κ2) is 34.8. The van der Waals surface area contributed by atoms with Crippen LogP contribution in [-0.2, 0) is 37.9 Å². The van der Waals surface area contributed by atoms with E-state index in [1.54, 1.807) is 36.4 Å². The van der Waals surface area contributed by atoms with Gasteiger partial charge in [-0.2, -0.15) is 15.1 Å². The molecule has 34 heteroatoms. The number of ketones is 3. The number of Topliss-reactive ketones (excluding diaryl/α,β-unsaturated/α-hetero) is 3. The number of anilines is 3. The molecule has 0 fully saturated rings. The molecule has 4 aliphatic heterocycles. The summed E-state index contributed by atoms with van der Waals surface area (Å²) in [5.74, 6) is -1.88. The Kier molecular flexibility index (Phi) is 25.0. The molecule has 0 saturated carbocycles. The van der Waals surface area contributed by atoms with Crippen molar-refractivity contribution in [3.8, 4) is 45.6 Å². The van der Waals surface area contributed by atoms with E-state index in [4.69, 9.17) is 133 Å². The largest absolute Gasteiger partial charge is 2.00 e. The van der Waals surface area contributed by atoms with Crippen LogP contribution >= 0.6 is 92.8 Å². The first-order chi connectivity index (χ1) is 55.9. The molecule has 25 nitrogen and oxygen atoms in total. The number of amides is 4. The van der Waals surface area contributed by atoms with Crippen LogP contribution in [0, 0.1) is 11.8 Å². The zero-order chi connectivity index (χ0) is 83.4. The molecule has 4 amide bonds. The number of fused-ring (bicyclic) bond motifs is 24. The maximum Gasteiger partial charge on any atom is 2.00 e. The maximum absolute atomic E-state index is 13.5. The van der Waals surface area contributed by atoms with Gasteiger partial charge in [0.25, 0.3) is 23.7 Å². The molecule has 0 saturated heterocycles. The third-order valence-electron chi connectivity index (χ3n) is 18.1. The number of hydrogen-bond acceptors (Lipinski definition) is 19. The molecule has 3 N–H and O–H groups in total. The van der Waals surface area contributed by atoms with E-state index in [1.807, 2.05) is 111 Å². The standard InChI is InChI=1S/C32H16N8.C26H6Cl8N2O4.C18H19N7O4.2C4H10.Cu/c1-2-10-18-17(9-1)25-33-26(18)38-28-21-13-5-6-14-22(21)30(35-28)40-32-24-16-8-7-15-23(24)31(36-32)39-29-20-12-4-3-11-19(20)27(34-29)37-25;27-14-10-11(15(28)19(32)18(14)31)24(38)9(23(10)37)7-5-4-6-2-1-3-8(22(6)35-7)36-25(39)12-13(26(36)40)17(30)21(34)20(33)16(12)29;1-8(2)15-21-17(23-18(29)22-15)25-24-14(9(3)26)16(28)19-11-5-4-10-6-13(27)20-12(10)7-11;2*1-4(2)3;/h1-16H;1-5,9H;4-5,7-8,14H,6H2,1-3H3,(H,19,28)(H,20,27)(H,21,22,23,29);2*4H,1-3H3;/q-2;;;;;+2. The maximum atomic E-state index is 13.5. The van der Waals surface area contributed by atoms with Crippen LogP contribution < -0.4 is 31.2 Å². The van der Waals surface area contributed by atoms with E-state index in [0.29, 0.717) is 68.5 Å². The Bertz CT molecular complexity index is 6290. The van der Waals surface area contributed by atoms with E-state index in [-0.39, 0.29) is 121 Å². The van der Waals surface area contributed by atoms with Crippen LogP contribution in [0.15, 0.2) is 161 Å². The van der Waals surface area contributed by atoms with Gasteiger partial charge in [-0.3, -0.25) is 38.5 Å². The van der Waals surface area contributed by atoms with Gasteiger partial charge in [0.15, 0.2) is 17.3 Å². The van der Waals surface area contributed by atoms with E-state index >= 15 is 0 Å². The van der Waals surface area contributed by atoms with Crippen molar-refractivity contribution < 1.29 is 50.6 Å². The first-order valence-electron chi connectivity index (χ1n) is 36.2. The van der Waals surface area contributed by atoms with Gasteiger partial charge < -0.3 is 40.5 Å². The number of carbonyl (C=O) groups excluding carboxylic acids is 7. The Hall–Kier alpha value is -11.1. The molecule has 1 aliphatic carbocycles. The fourth-order valence-electron chi connectivity index (χ4n) is 12.9. The minimum atomic E-state index is -1.44. The molecular formula is C84H61Cl8CuN17O8. The van der Waals surface area contributed by atoms with E-state index in [9.17, 15) is 38.4 Å². The first kappa shape index (κ1) is 84.8. The number of benzene rings is 8. The van der Waals surface area contributed by atoms with Gasteiger partial charge in [-0.05, 0) is 70.1 Å². The number of carbonyl (C=O) groups is 7. The fraction of sp³-hybridized carbons (Fsp3) is 0.179. The first-order valence-corrected chi connectivity index (χ1v) is 39.2. The second-order valence-corrected chi connectivity index (χ2v) is 31.7. The van der Waals surface area contributed by atoms with Crippen LogP contribution in [0.2, 0.25) is 40.2 Å². The molecule has 5 aromatic heterocycles. The molecule has 0 spiro atoms. The Morgan fingerprint density at radius 2 is 0.915 bits per heavy atom. The molecule has 8 aromatic carbocycles. The van der Waals surface area contributed by atoms with Crippen molar-refractivity contribution in [2.75, 3.05) is 15.5 Å². The molecule has 8 bridgehead atoms. The van der Waals surface area contributed by atoms with Gasteiger partial charge in [-0.15, -0.1) is 5.11 Å². The molecule has 597 valence electrons. The molecule has 9 heterocycles. The quantitative estimate of drug-likeness (QED) is 0.0318. The van der Waals surface area contributed by atoms with Crippen molar-refractivity contribution in [3.05, 3.63) is 236 Å². The summed E-state index contributed by atoms with van der Waals surface area (Å²) in [4.78, 5) is 156. The monoisotopic (exact) mass is 1780 g/mol. The number of halogens is 8. The predicted octanol–water partition coefficient (Wildman–Crippen LogP) is 20.3. The third-order valence-corrected chi connectivity index (χ3v) is 21.7. The number of H-pyrrole nitrogens is 1. The molecule has 18 rings (SSSR count). The van der Waals surface area contributed by atoms with Crippen molar-refractivity contribution in [3.63, 3.8) is 0 Å². The Morgan fingerprint density at radius 3 is 1.34 bits per heavy atom. The Labute approximate surface area is 722 Å². The molecular weight excluding hydrogens is 1720 g/mol. The Balaban J connectivity index is 0.000000148. The summed E-state index contributed by atoms with van der Waals surface area (Å²) in [6.45, 7) is 17.8. The zero-order valence-electron chi connectivity index (χ0n) is 63.3. The molecule has 1 atom stereocenters. The zero-order valence-corrected chi connectivity index (χ0v) is 70.3. The van der Waals surface area contributed by atoms with Crippen molar-refractivity contribution >= 4 is 212 Å². The van der Waals surface area contributed by atoms with Gasteiger partial charge in [-0.25, -0.2) is 24.6 Å². The number of nitrogens with one attached hydrogen (secondary N) is 3. The van der Waals surface area contributed by atoms with Crippen LogP contribution in [0.3, 0.4) is 0 Å². The number of rotatable bonds is 8. The Morgan fingerprint density at radius 1 is 0.492 bits per heavy atom. The number of aromatic amines is 1. The number of aromatic nitrogens is 12. The van der Waals surface area contributed by atoms with Crippen LogP contribution in [0.25, 0.3) is 101 Å². The number of azo groups is 1. The number of para-hydroxylation sites is 1. The van der Waals surface area contributed by atoms with Crippen LogP contribution in [0.4, 0.5) is 23.0 Å². The number of hydrogen-bond donors (Lipinski definition) is 3. The number of nitrogens with zero attached hydrogens (tertiary/aromatic N) is 14. The van der Waals surface area contributed by atoms with Crippen LogP contribution in [-0.4, -0.2) is 96.9 Å². The van der Waals surface area contributed by atoms with Crippen molar-refractivity contribution in [2.45, 2.75) is 86.6 Å². The third kappa shape index (κ3) is 16.5. The summed E-state index contributed by atoms with van der Waals surface area (Å²) in [6.07, 6.45) is 0.280.